The van der Waals surface area contributed by atoms with Crippen molar-refractivity contribution in [3.63, 3.8) is 0 Å². The van der Waals surface area contributed by atoms with Crippen LogP contribution in [-0.4, -0.2) is 6.04 Å². The van der Waals surface area contributed by atoms with Gasteiger partial charge in [0, 0.05) is 39.8 Å². The highest BCUT2D eigenvalue weighted by molar-refractivity contribution is 5.96. The van der Waals surface area contributed by atoms with E-state index in [-0.39, 0.29) is 16.9 Å². The lowest BCUT2D eigenvalue weighted by molar-refractivity contribution is 0.395. The molecule has 0 aliphatic heterocycles. The number of hydrogen-bond donors (Lipinski definition) is 0. The van der Waals surface area contributed by atoms with Crippen LogP contribution in [0.15, 0.2) is 212 Å². The molecule has 82 heavy (non-hydrogen) atoms. The van der Waals surface area contributed by atoms with Crippen LogP contribution in [0.4, 0.5) is 28.4 Å². The molecule has 0 amide bonds. The molecule has 2 fully saturated rings. The van der Waals surface area contributed by atoms with E-state index in [2.05, 4.69) is 262 Å². The molecule has 15 rings (SSSR count). The summed E-state index contributed by atoms with van der Waals surface area (Å²) >= 11 is 0. The maximum absolute atomic E-state index is 2.74. The van der Waals surface area contributed by atoms with E-state index in [0.717, 1.165) is 6.42 Å². The lowest BCUT2D eigenvalue weighted by Gasteiger charge is -2.35. The minimum Gasteiger partial charge on any atom is -0.334 e. The van der Waals surface area contributed by atoms with Crippen molar-refractivity contribution in [1.29, 1.82) is 0 Å². The molecule has 6 aliphatic carbocycles. The summed E-state index contributed by atoms with van der Waals surface area (Å²) in [4.78, 5) is 5.16. The third-order valence-corrected chi connectivity index (χ3v) is 20.6. The van der Waals surface area contributed by atoms with Crippen LogP contribution in [-0.2, 0) is 10.8 Å². The van der Waals surface area contributed by atoms with E-state index in [9.17, 15) is 0 Å². The van der Waals surface area contributed by atoms with Gasteiger partial charge in [0.05, 0.1) is 6.04 Å². The lowest BCUT2D eigenvalue weighted by atomic mass is 9.73. The molecule has 9 aromatic rings. The fourth-order valence-electron chi connectivity index (χ4n) is 16.5. The summed E-state index contributed by atoms with van der Waals surface area (Å²) in [6, 6.07) is 74.3. The summed E-state index contributed by atoms with van der Waals surface area (Å²) < 4.78 is 0. The Hall–Kier alpha value is -7.94. The summed E-state index contributed by atoms with van der Waals surface area (Å²) in [6.07, 6.45) is 26.7. The molecule has 2 nitrogen and oxygen atoms in total. The van der Waals surface area contributed by atoms with Crippen LogP contribution >= 0.6 is 0 Å². The molecule has 0 saturated heterocycles. The first-order valence-corrected chi connectivity index (χ1v) is 31.1. The molecule has 2 saturated carbocycles. The molecule has 0 N–H and O–H groups in total. The predicted molar refractivity (Wildman–Crippen MR) is 348 cm³/mol. The number of nitrogens with zero attached hydrogens (tertiary/aromatic N) is 2. The average Bonchev–Trinajstić information content (AvgIpc) is 4.10. The number of fused-ring (bicyclic) bond motifs is 8. The molecule has 0 aromatic heterocycles. The number of anilines is 5. The number of allylic oxidation sites excluding steroid dienone is 4. The van der Waals surface area contributed by atoms with Gasteiger partial charge in [-0.3, -0.25) is 0 Å². The van der Waals surface area contributed by atoms with Crippen molar-refractivity contribution in [2.24, 2.45) is 5.92 Å². The van der Waals surface area contributed by atoms with E-state index in [0.29, 0.717) is 23.7 Å². The fraction of sp³-hybridized carbons (Fsp3) is 0.275. The molecule has 406 valence electrons. The van der Waals surface area contributed by atoms with Gasteiger partial charge < -0.3 is 9.80 Å². The molecular formula is C80H76N2. The Morgan fingerprint density at radius 3 is 1.71 bits per heavy atom. The van der Waals surface area contributed by atoms with E-state index in [1.165, 1.54) is 169 Å². The lowest BCUT2D eigenvalue weighted by Crippen LogP contribution is -2.43. The quantitative estimate of drug-likeness (QED) is 0.135. The fourth-order valence-corrected chi connectivity index (χ4v) is 16.5. The maximum atomic E-state index is 2.74. The van der Waals surface area contributed by atoms with Crippen LogP contribution in [0.3, 0.4) is 0 Å². The van der Waals surface area contributed by atoms with E-state index < -0.39 is 0 Å². The minimum atomic E-state index is -0.0420. The van der Waals surface area contributed by atoms with E-state index >= 15 is 0 Å². The normalized spacial score (nSPS) is 20.3. The Balaban J connectivity index is 0.837. The highest BCUT2D eigenvalue weighted by Crippen LogP contribution is 2.55. The molecule has 3 atom stereocenters. The van der Waals surface area contributed by atoms with Gasteiger partial charge in [0.25, 0.3) is 0 Å². The first kappa shape index (κ1) is 51.0. The van der Waals surface area contributed by atoms with Crippen LogP contribution in [0.2, 0.25) is 0 Å². The Kier molecular flexibility index (Phi) is 12.7. The summed E-state index contributed by atoms with van der Waals surface area (Å²) in [5.41, 5.74) is 23.0. The van der Waals surface area contributed by atoms with Gasteiger partial charge in [-0.15, -0.1) is 0 Å². The number of rotatable bonds is 10. The standard InChI is InChI=1S/C80H76N2/c1-79(2)73-31-19-17-29-65(73)67-45-37-57(49-75(67)79)53-33-39-61(40-34-53)81(59-25-13-7-14-26-59)63-43-47-69-71(51-63)77(55-21-9-5-10-22-55)70-48-44-64(52-72(70)78(69)56-23-11-6-12-24-56)82(60-27-15-8-16-28-60)62-41-35-54(36-42-62)58-38-46-68-66-30-18-20-32-74(66)80(3,4)76(68)50-58/h7-8,13-20,25-43,45-52,55-56,64,68,76H,5-6,9-12,21-24,44H2,1-4H3. The van der Waals surface area contributed by atoms with Gasteiger partial charge in [0.2, 0.25) is 0 Å². The molecule has 0 spiro atoms. The van der Waals surface area contributed by atoms with Crippen molar-refractivity contribution in [1.82, 2.24) is 0 Å². The van der Waals surface area contributed by atoms with Crippen LogP contribution in [0.5, 0.6) is 0 Å². The van der Waals surface area contributed by atoms with E-state index in [1.54, 1.807) is 11.1 Å². The topological polar surface area (TPSA) is 6.48 Å². The highest BCUT2D eigenvalue weighted by Gasteiger charge is 2.45. The molecule has 3 unspecified atom stereocenters. The zero-order chi connectivity index (χ0) is 55.1. The van der Waals surface area contributed by atoms with Crippen molar-refractivity contribution in [3.05, 3.63) is 262 Å². The molecule has 9 aromatic carbocycles. The van der Waals surface area contributed by atoms with Gasteiger partial charge in [-0.1, -0.05) is 224 Å². The van der Waals surface area contributed by atoms with Gasteiger partial charge in [0.15, 0.2) is 0 Å². The molecule has 0 bridgehead atoms. The molecule has 2 heteroatoms. The van der Waals surface area contributed by atoms with Crippen molar-refractivity contribution in [2.45, 2.75) is 133 Å². The highest BCUT2D eigenvalue weighted by atomic mass is 15.2. The first-order valence-electron chi connectivity index (χ1n) is 31.1. The zero-order valence-electron chi connectivity index (χ0n) is 48.4. The largest absolute Gasteiger partial charge is 0.334 e. The van der Waals surface area contributed by atoms with Gasteiger partial charge in [0.1, 0.15) is 0 Å². The SMILES string of the molecule is CC1(C)c2ccccc2-c2ccc(-c3ccc(N(c4ccccc4)c4ccc5c(C6CCCCC6)c6c(c(C7CCCCC7)c5c4)=CCC(N(c4ccccc4)c4ccc(C5=CC7C(C=C5)c5ccccc5C7(C)C)cc4)C=6)cc3)cc21. The van der Waals surface area contributed by atoms with Gasteiger partial charge in [-0.2, -0.15) is 0 Å². The summed E-state index contributed by atoms with van der Waals surface area (Å²) in [7, 11) is 0. The van der Waals surface area contributed by atoms with Crippen molar-refractivity contribution >= 4 is 56.9 Å². The monoisotopic (exact) mass is 1060 g/mol. The third kappa shape index (κ3) is 8.57. The Bertz CT molecular complexity index is 4090. The second-order valence-electron chi connectivity index (χ2n) is 26.0. The van der Waals surface area contributed by atoms with Crippen LogP contribution in [0.1, 0.15) is 155 Å². The van der Waals surface area contributed by atoms with Gasteiger partial charge in [-0.05, 0) is 210 Å². The molecular weight excluding hydrogens is 989 g/mol. The van der Waals surface area contributed by atoms with E-state index in [4.69, 9.17) is 0 Å². The summed E-state index contributed by atoms with van der Waals surface area (Å²) in [5, 5.41) is 6.00. The van der Waals surface area contributed by atoms with Crippen molar-refractivity contribution < 1.29 is 0 Å². The first-order chi connectivity index (χ1) is 40.2. The average molecular weight is 1070 g/mol. The summed E-state index contributed by atoms with van der Waals surface area (Å²) in [6.45, 7) is 9.63. The van der Waals surface area contributed by atoms with Crippen LogP contribution in [0.25, 0.3) is 50.8 Å². The molecule has 0 radical (unpaired) electrons. The number of hydrogen-bond acceptors (Lipinski definition) is 2. The minimum absolute atomic E-state index is 0.0420. The summed E-state index contributed by atoms with van der Waals surface area (Å²) in [5.74, 6) is 1.92. The van der Waals surface area contributed by atoms with Gasteiger partial charge >= 0.3 is 0 Å². The number of benzene rings is 9. The van der Waals surface area contributed by atoms with Crippen molar-refractivity contribution in [2.75, 3.05) is 9.80 Å². The molecule has 0 heterocycles. The Labute approximate surface area is 486 Å². The predicted octanol–water partition coefficient (Wildman–Crippen LogP) is 20.2. The third-order valence-electron chi connectivity index (χ3n) is 20.6. The second-order valence-corrected chi connectivity index (χ2v) is 26.0. The van der Waals surface area contributed by atoms with E-state index in [1.807, 2.05) is 0 Å². The number of para-hydroxylation sites is 2. The van der Waals surface area contributed by atoms with Crippen LogP contribution < -0.4 is 20.2 Å². The van der Waals surface area contributed by atoms with Crippen molar-refractivity contribution in [3.8, 4) is 22.3 Å². The smallest absolute Gasteiger partial charge is 0.0566 e. The molecule has 6 aliphatic rings. The van der Waals surface area contributed by atoms with Gasteiger partial charge in [-0.25, -0.2) is 0 Å². The Morgan fingerprint density at radius 2 is 0.988 bits per heavy atom. The Morgan fingerprint density at radius 1 is 0.427 bits per heavy atom. The maximum Gasteiger partial charge on any atom is 0.0566 e. The van der Waals surface area contributed by atoms with Crippen LogP contribution in [0, 0.1) is 5.92 Å². The zero-order valence-corrected chi connectivity index (χ0v) is 48.4. The second kappa shape index (κ2) is 20.5.